The van der Waals surface area contributed by atoms with Crippen molar-refractivity contribution in [3.8, 4) is 39.9 Å². The van der Waals surface area contributed by atoms with E-state index < -0.39 is 0 Å². The van der Waals surface area contributed by atoms with Crippen molar-refractivity contribution in [2.45, 2.75) is 0 Å². The first-order valence-corrected chi connectivity index (χ1v) is 19.4. The second-order valence-corrected chi connectivity index (χ2v) is 15.1. The molecular weight excluding hydrogens is 693 g/mol. The molecule has 3 aromatic heterocycles. The van der Waals surface area contributed by atoms with E-state index in [1.54, 1.807) is 0 Å². The Bertz CT molecular complexity index is 3190. The van der Waals surface area contributed by atoms with Crippen molar-refractivity contribution < 1.29 is 4.42 Å². The fraction of sp³-hybridized carbons (Fsp3) is 0.0217. The molecule has 0 saturated carbocycles. The highest BCUT2D eigenvalue weighted by Gasteiger charge is 2.23. The summed E-state index contributed by atoms with van der Waals surface area (Å²) >= 11 is 0. The molecule has 0 radical (unpaired) electrons. The number of anilines is 2. The van der Waals surface area contributed by atoms with Crippen molar-refractivity contribution in [1.29, 1.82) is 0 Å². The zero-order chi connectivity index (χ0) is 38.9. The van der Waals surface area contributed by atoms with E-state index in [1.807, 2.05) is 18.2 Å². The van der Waals surface area contributed by atoms with Crippen molar-refractivity contribution in [2.24, 2.45) is 0 Å². The van der Waals surface area contributed by atoms with Crippen molar-refractivity contribution in [1.82, 2.24) is 19.5 Å². The van der Waals surface area contributed by atoms with Crippen LogP contribution in [0, 0.1) is 0 Å². The van der Waals surface area contributed by atoms with Gasteiger partial charge in [-0.05, 0) is 54.1 Å². The van der Waals surface area contributed by atoms with Crippen molar-refractivity contribution >= 4 is 122 Å². The zero-order valence-electron chi connectivity index (χ0n) is 32.9. The largest absolute Gasteiger partial charge is 0.456 e. The van der Waals surface area contributed by atoms with E-state index in [0.29, 0.717) is 17.6 Å². The lowest BCUT2D eigenvalue weighted by atomic mass is 9.60. The lowest BCUT2D eigenvalue weighted by Crippen LogP contribution is -2.55. The van der Waals surface area contributed by atoms with Gasteiger partial charge in [-0.15, -0.1) is 16.4 Å². The van der Waals surface area contributed by atoms with E-state index in [-0.39, 0.29) is 0 Å². The van der Waals surface area contributed by atoms with Crippen LogP contribution in [0.25, 0.3) is 83.6 Å². The summed E-state index contributed by atoms with van der Waals surface area (Å²) in [5.41, 5.74) is 16.2. The highest BCUT2D eigenvalue weighted by atomic mass is 16.3. The molecule has 0 aliphatic carbocycles. The molecule has 10 rings (SSSR count). The lowest BCUT2D eigenvalue weighted by molar-refractivity contribution is 0.669. The maximum Gasteiger partial charge on any atom is 0.238 e. The molecule has 3 heterocycles. The fourth-order valence-corrected chi connectivity index (χ4v) is 8.54. The molecule has 0 unspecified atom stereocenters. The Hall–Kier alpha value is -6.73. The van der Waals surface area contributed by atoms with Gasteiger partial charge in [0.2, 0.25) is 5.95 Å². The number of furan rings is 1. The number of nitrogens with zero attached hydrogens (tertiary/aromatic N) is 5. The molecule has 57 heavy (non-hydrogen) atoms. The summed E-state index contributed by atoms with van der Waals surface area (Å²) in [6.45, 7) is 0. The fourth-order valence-electron chi connectivity index (χ4n) is 8.54. The average Bonchev–Trinajstić information content (AvgIpc) is 3.79. The number of aromatic nitrogens is 4. The third-order valence-electron chi connectivity index (χ3n) is 12.1. The van der Waals surface area contributed by atoms with Gasteiger partial charge >= 0.3 is 0 Å². The third-order valence-corrected chi connectivity index (χ3v) is 12.1. The quantitative estimate of drug-likeness (QED) is 0.247. The van der Waals surface area contributed by atoms with Gasteiger partial charge in [-0.1, -0.05) is 102 Å². The van der Waals surface area contributed by atoms with Crippen molar-refractivity contribution in [2.75, 3.05) is 11.9 Å². The van der Waals surface area contributed by atoms with Crippen molar-refractivity contribution in [3.63, 3.8) is 0 Å². The van der Waals surface area contributed by atoms with Gasteiger partial charge in [-0.3, -0.25) is 4.57 Å². The Morgan fingerprint density at radius 3 is 1.86 bits per heavy atom. The van der Waals surface area contributed by atoms with Gasteiger partial charge in [0, 0.05) is 51.0 Å². The van der Waals surface area contributed by atoms with Crippen LogP contribution in [0.1, 0.15) is 0 Å². The summed E-state index contributed by atoms with van der Waals surface area (Å²) in [7, 11) is 13.1. The van der Waals surface area contributed by atoms with Crippen LogP contribution in [0.4, 0.5) is 11.4 Å². The van der Waals surface area contributed by atoms with Crippen molar-refractivity contribution in [3.05, 3.63) is 140 Å². The van der Waals surface area contributed by atoms with E-state index in [2.05, 4.69) is 177 Å². The molecule has 0 atom stereocenters. The molecule has 266 valence electrons. The molecule has 0 aliphatic rings. The first-order valence-electron chi connectivity index (χ1n) is 19.4. The second kappa shape index (κ2) is 13.5. The minimum absolute atomic E-state index is 0.557. The molecule has 0 fully saturated rings. The molecule has 0 amide bonds. The van der Waals surface area contributed by atoms with Gasteiger partial charge in [0.1, 0.15) is 50.4 Å². The Kier molecular flexibility index (Phi) is 8.22. The van der Waals surface area contributed by atoms with Gasteiger partial charge in [-0.2, -0.15) is 9.97 Å². The number of hydrogen-bond donors (Lipinski definition) is 0. The second-order valence-electron chi connectivity index (χ2n) is 15.1. The summed E-state index contributed by atoms with van der Waals surface area (Å²) in [5, 5.41) is 4.40. The van der Waals surface area contributed by atoms with Crippen LogP contribution in [0.3, 0.4) is 0 Å². The van der Waals surface area contributed by atoms with Crippen LogP contribution in [0.5, 0.6) is 0 Å². The van der Waals surface area contributed by atoms with Crippen LogP contribution >= 0.6 is 0 Å². The maximum atomic E-state index is 6.37. The molecule has 10 aromatic rings. The molecule has 11 heteroatoms. The van der Waals surface area contributed by atoms with Gasteiger partial charge in [0.25, 0.3) is 0 Å². The highest BCUT2D eigenvalue weighted by Crippen LogP contribution is 2.42. The van der Waals surface area contributed by atoms with E-state index >= 15 is 0 Å². The monoisotopic (exact) mass is 729 g/mol. The minimum Gasteiger partial charge on any atom is -0.456 e. The van der Waals surface area contributed by atoms with Gasteiger partial charge in [0.15, 0.2) is 11.6 Å². The van der Waals surface area contributed by atoms with Crippen LogP contribution in [0.2, 0.25) is 0 Å². The maximum absolute atomic E-state index is 6.37. The van der Waals surface area contributed by atoms with E-state index in [9.17, 15) is 0 Å². The highest BCUT2D eigenvalue weighted by molar-refractivity contribution is 6.68. The molecular formula is C46H36B5N5O. The Balaban J connectivity index is 1.29. The van der Waals surface area contributed by atoms with Crippen LogP contribution in [-0.2, 0) is 0 Å². The third kappa shape index (κ3) is 5.60. The normalized spacial score (nSPS) is 11.6. The average molecular weight is 729 g/mol. The molecule has 6 nitrogen and oxygen atoms in total. The van der Waals surface area contributed by atoms with Gasteiger partial charge in [0.05, 0.1) is 16.7 Å². The predicted molar refractivity (Wildman–Crippen MR) is 253 cm³/mol. The summed E-state index contributed by atoms with van der Waals surface area (Å²) in [5.74, 6) is 1.79. The summed E-state index contributed by atoms with van der Waals surface area (Å²) in [4.78, 5) is 18.3. The lowest BCUT2D eigenvalue weighted by Gasteiger charge is -2.24. The molecule has 0 spiro atoms. The standard InChI is InChI=1S/C46H36B5N5O/c1-55(27-14-6-3-7-15-27)34-24-35-32(23-31(34)25-12-4-2-5-13-25)28-16-8-10-18-33(28)56(35)46-53-44(26-20-21-30-29-17-9-11-19-36(29)57-37(30)22-26)52-45(54-46)38-39(47)41(49)43(51)42(50)40(38)48/h2-24H,47-51H2,1H3. The molecule has 0 aliphatic heterocycles. The summed E-state index contributed by atoms with van der Waals surface area (Å²) in [6, 6.07) is 48.8. The van der Waals surface area contributed by atoms with E-state index in [1.165, 1.54) is 27.3 Å². The summed E-state index contributed by atoms with van der Waals surface area (Å²) in [6.07, 6.45) is 0. The van der Waals surface area contributed by atoms with Crippen LogP contribution < -0.4 is 32.2 Å². The SMILES string of the molecule is Bc1c(B)c(B)c(-c2nc(-c3ccc4c(c3)oc3ccccc34)nc(-n3c4ccccc4c4cc(-c5ccccc5)c(N(C)c5ccccc5)cc43)n2)c(B)c1B. The van der Waals surface area contributed by atoms with Gasteiger partial charge in [-0.25, -0.2) is 4.98 Å². The number of rotatable bonds is 6. The summed E-state index contributed by atoms with van der Waals surface area (Å²) < 4.78 is 8.59. The van der Waals surface area contributed by atoms with Gasteiger partial charge < -0.3 is 9.32 Å². The number of hydrogen-bond acceptors (Lipinski definition) is 5. The molecule has 0 saturated heterocycles. The predicted octanol–water partition coefficient (Wildman–Crippen LogP) is 2.93. The molecule has 0 N–H and O–H groups in total. The number of benzene rings is 7. The van der Waals surface area contributed by atoms with E-state index in [0.717, 1.165) is 77.4 Å². The first kappa shape index (κ1) is 34.7. The Labute approximate surface area is 335 Å². The molecule has 7 aromatic carbocycles. The zero-order valence-corrected chi connectivity index (χ0v) is 32.9. The van der Waals surface area contributed by atoms with Crippen LogP contribution in [0.15, 0.2) is 144 Å². The number of para-hydroxylation sites is 3. The topological polar surface area (TPSA) is 60.0 Å². The van der Waals surface area contributed by atoms with E-state index in [4.69, 9.17) is 19.4 Å². The smallest absolute Gasteiger partial charge is 0.238 e. The minimum atomic E-state index is 0.557. The molecule has 0 bridgehead atoms. The Morgan fingerprint density at radius 1 is 0.491 bits per heavy atom. The van der Waals surface area contributed by atoms with Crippen LogP contribution in [-0.4, -0.2) is 65.8 Å². The Morgan fingerprint density at radius 2 is 1.11 bits per heavy atom. The first-order chi connectivity index (χ1) is 27.8. The number of fused-ring (bicyclic) bond motifs is 6.